The van der Waals surface area contributed by atoms with Crippen molar-refractivity contribution in [3.63, 3.8) is 0 Å². The third-order valence-electron chi connectivity index (χ3n) is 3.30. The Hall–Kier alpha value is -1.12. The van der Waals surface area contributed by atoms with E-state index in [4.69, 9.17) is 0 Å². The van der Waals surface area contributed by atoms with Crippen LogP contribution < -0.4 is 5.32 Å². The quantitative estimate of drug-likeness (QED) is 0.710. The van der Waals surface area contributed by atoms with Crippen LogP contribution >= 0.6 is 0 Å². The van der Waals surface area contributed by atoms with E-state index in [-0.39, 0.29) is 6.61 Å². The van der Waals surface area contributed by atoms with Crippen LogP contribution in [0.2, 0.25) is 0 Å². The number of hydrogen-bond acceptors (Lipinski definition) is 2. The highest BCUT2D eigenvalue weighted by atomic mass is 16.3. The highest BCUT2D eigenvalue weighted by Gasteiger charge is 2.10. The number of aliphatic hydroxyl groups is 1. The van der Waals surface area contributed by atoms with E-state index in [1.807, 2.05) is 24.3 Å². The lowest BCUT2D eigenvalue weighted by molar-refractivity contribution is 0.280. The molecular formula is C15H23NO. The molecule has 0 aliphatic heterocycles. The number of aliphatic hydroxyl groups excluding tert-OH is 1. The molecule has 1 rings (SSSR count). The largest absolute Gasteiger partial charge is 0.392 e. The number of rotatable bonds is 7. The first kappa shape index (κ1) is 13.9. The Kier molecular flexibility index (Phi) is 5.95. The third kappa shape index (κ3) is 4.33. The first-order valence-corrected chi connectivity index (χ1v) is 6.21. The molecule has 1 aromatic rings. The maximum Gasteiger partial charge on any atom is 0.0685 e. The Morgan fingerprint density at radius 2 is 1.94 bits per heavy atom. The Balaban J connectivity index is 2.52. The summed E-state index contributed by atoms with van der Waals surface area (Å²) >= 11 is 0. The molecule has 2 N–H and O–H groups in total. The van der Waals surface area contributed by atoms with E-state index in [0.29, 0.717) is 12.0 Å². The van der Waals surface area contributed by atoms with Crippen molar-refractivity contribution < 1.29 is 5.11 Å². The van der Waals surface area contributed by atoms with Gasteiger partial charge in [-0.3, -0.25) is 0 Å². The lowest BCUT2D eigenvalue weighted by atomic mass is 9.99. The maximum atomic E-state index is 9.24. The van der Waals surface area contributed by atoms with Crippen molar-refractivity contribution in [2.24, 2.45) is 5.92 Å². The van der Waals surface area contributed by atoms with Gasteiger partial charge >= 0.3 is 0 Å². The molecule has 0 fully saturated rings. The highest BCUT2D eigenvalue weighted by molar-refractivity contribution is 5.26. The van der Waals surface area contributed by atoms with Gasteiger partial charge in [-0.2, -0.15) is 0 Å². The Morgan fingerprint density at radius 3 is 2.53 bits per heavy atom. The van der Waals surface area contributed by atoms with Crippen molar-refractivity contribution in [3.05, 3.63) is 48.0 Å². The van der Waals surface area contributed by atoms with E-state index in [2.05, 4.69) is 31.8 Å². The second kappa shape index (κ2) is 7.25. The van der Waals surface area contributed by atoms with Gasteiger partial charge in [0.05, 0.1) is 6.61 Å². The molecule has 17 heavy (non-hydrogen) atoms. The molecule has 0 bridgehead atoms. The molecule has 0 amide bonds. The minimum absolute atomic E-state index is 0.106. The summed E-state index contributed by atoms with van der Waals surface area (Å²) in [6, 6.07) is 8.44. The number of allylic oxidation sites excluding steroid dienone is 1. The fourth-order valence-electron chi connectivity index (χ4n) is 1.82. The van der Waals surface area contributed by atoms with Crippen LogP contribution in [0.25, 0.3) is 0 Å². The third-order valence-corrected chi connectivity index (χ3v) is 3.30. The van der Waals surface area contributed by atoms with Crippen molar-refractivity contribution in [2.75, 3.05) is 0 Å². The topological polar surface area (TPSA) is 32.3 Å². The molecule has 0 heterocycles. The van der Waals surface area contributed by atoms with Gasteiger partial charge in [-0.15, -0.1) is 6.58 Å². The molecule has 0 aliphatic carbocycles. The van der Waals surface area contributed by atoms with Crippen LogP contribution in [-0.4, -0.2) is 11.1 Å². The van der Waals surface area contributed by atoms with E-state index in [0.717, 1.165) is 18.5 Å². The summed E-state index contributed by atoms with van der Waals surface area (Å²) in [6.45, 7) is 9.09. The van der Waals surface area contributed by atoms with Gasteiger partial charge in [0, 0.05) is 12.6 Å². The molecule has 2 nitrogen and oxygen atoms in total. The second-order valence-corrected chi connectivity index (χ2v) is 4.60. The fourth-order valence-corrected chi connectivity index (χ4v) is 1.82. The number of nitrogens with one attached hydrogen (secondary N) is 1. The molecule has 0 saturated carbocycles. The first-order chi connectivity index (χ1) is 8.19. The van der Waals surface area contributed by atoms with Gasteiger partial charge < -0.3 is 10.4 Å². The summed E-state index contributed by atoms with van der Waals surface area (Å²) in [5.74, 6) is 0.578. The van der Waals surface area contributed by atoms with Crippen molar-refractivity contribution in [3.8, 4) is 0 Å². The molecule has 0 aliphatic rings. The first-order valence-electron chi connectivity index (χ1n) is 6.21. The Labute approximate surface area is 104 Å². The van der Waals surface area contributed by atoms with Gasteiger partial charge in [0.2, 0.25) is 0 Å². The lowest BCUT2D eigenvalue weighted by Crippen LogP contribution is -2.31. The minimum Gasteiger partial charge on any atom is -0.392 e. The number of hydrogen-bond donors (Lipinski definition) is 2. The molecule has 2 unspecified atom stereocenters. The zero-order valence-corrected chi connectivity index (χ0v) is 10.8. The van der Waals surface area contributed by atoms with Gasteiger partial charge in [-0.25, -0.2) is 0 Å². The van der Waals surface area contributed by atoms with E-state index >= 15 is 0 Å². The Morgan fingerprint density at radius 1 is 1.29 bits per heavy atom. The normalized spacial score (nSPS) is 14.3. The molecule has 0 saturated heterocycles. The van der Waals surface area contributed by atoms with E-state index < -0.39 is 0 Å². The summed E-state index contributed by atoms with van der Waals surface area (Å²) in [4.78, 5) is 0. The van der Waals surface area contributed by atoms with Gasteiger partial charge in [-0.05, 0) is 30.4 Å². The standard InChI is InChI=1S/C15H23NO/c1-4-7-12(2)13(3)16-10-14-8-5-6-9-15(14)11-17/h4-6,8-9,12-13,16-17H,1,7,10-11H2,2-3H3. The highest BCUT2D eigenvalue weighted by Crippen LogP contribution is 2.12. The molecule has 1 aromatic carbocycles. The van der Waals surface area contributed by atoms with Crippen molar-refractivity contribution >= 4 is 0 Å². The van der Waals surface area contributed by atoms with E-state index in [1.54, 1.807) is 0 Å². The average Bonchev–Trinajstić information content (AvgIpc) is 2.36. The average molecular weight is 233 g/mol. The van der Waals surface area contributed by atoms with Crippen LogP contribution in [-0.2, 0) is 13.2 Å². The van der Waals surface area contributed by atoms with Crippen LogP contribution in [0.15, 0.2) is 36.9 Å². The van der Waals surface area contributed by atoms with Crippen molar-refractivity contribution in [1.29, 1.82) is 0 Å². The molecular weight excluding hydrogens is 210 g/mol. The Bertz CT molecular complexity index is 349. The maximum absolute atomic E-state index is 9.24. The molecule has 0 aromatic heterocycles. The van der Waals surface area contributed by atoms with Crippen LogP contribution in [0.4, 0.5) is 0 Å². The molecule has 94 valence electrons. The van der Waals surface area contributed by atoms with Crippen LogP contribution in [0.3, 0.4) is 0 Å². The van der Waals surface area contributed by atoms with Crippen LogP contribution in [0.5, 0.6) is 0 Å². The van der Waals surface area contributed by atoms with Crippen molar-refractivity contribution in [2.45, 2.75) is 39.5 Å². The van der Waals surface area contributed by atoms with Gasteiger partial charge in [0.15, 0.2) is 0 Å². The molecule has 0 spiro atoms. The summed E-state index contributed by atoms with van der Waals surface area (Å²) in [7, 11) is 0. The summed E-state index contributed by atoms with van der Waals surface area (Å²) in [6.07, 6.45) is 2.99. The summed E-state index contributed by atoms with van der Waals surface area (Å²) < 4.78 is 0. The predicted octanol–water partition coefficient (Wildman–Crippen LogP) is 2.87. The van der Waals surface area contributed by atoms with Crippen LogP contribution in [0.1, 0.15) is 31.4 Å². The molecule has 2 heteroatoms. The smallest absolute Gasteiger partial charge is 0.0685 e. The van der Waals surface area contributed by atoms with E-state index in [9.17, 15) is 5.11 Å². The van der Waals surface area contributed by atoms with Crippen LogP contribution in [0, 0.1) is 5.92 Å². The predicted molar refractivity (Wildman–Crippen MR) is 72.6 cm³/mol. The summed E-state index contributed by atoms with van der Waals surface area (Å²) in [5.41, 5.74) is 2.18. The van der Waals surface area contributed by atoms with E-state index in [1.165, 1.54) is 5.56 Å². The van der Waals surface area contributed by atoms with Gasteiger partial charge in [0.1, 0.15) is 0 Å². The van der Waals surface area contributed by atoms with Gasteiger partial charge in [0.25, 0.3) is 0 Å². The molecule has 0 radical (unpaired) electrons. The monoisotopic (exact) mass is 233 g/mol. The zero-order valence-electron chi connectivity index (χ0n) is 10.8. The fraction of sp³-hybridized carbons (Fsp3) is 0.467. The zero-order chi connectivity index (χ0) is 12.7. The second-order valence-electron chi connectivity index (χ2n) is 4.60. The summed E-state index contributed by atoms with van der Waals surface area (Å²) in [5, 5.41) is 12.7. The van der Waals surface area contributed by atoms with Crippen molar-refractivity contribution in [1.82, 2.24) is 5.32 Å². The minimum atomic E-state index is 0.106. The van der Waals surface area contributed by atoms with Gasteiger partial charge in [-0.1, -0.05) is 37.3 Å². The lowest BCUT2D eigenvalue weighted by Gasteiger charge is -2.20. The molecule has 2 atom stereocenters. The number of benzene rings is 1. The SMILES string of the molecule is C=CCC(C)C(C)NCc1ccccc1CO.